The van der Waals surface area contributed by atoms with E-state index in [-0.39, 0.29) is 11.7 Å². The third-order valence-corrected chi connectivity index (χ3v) is 5.11. The fourth-order valence-corrected chi connectivity index (χ4v) is 3.40. The lowest BCUT2D eigenvalue weighted by Crippen LogP contribution is -2.32. The van der Waals surface area contributed by atoms with E-state index in [9.17, 15) is 19.7 Å². The number of non-ortho nitro benzene ring substituents is 1. The Balaban J connectivity index is 1.82. The molecule has 0 aliphatic carbocycles. The molecule has 2 rings (SSSR count). The molecule has 0 radical (unpaired) electrons. The standard InChI is InChI=1S/C20H22N2O6S/c1-13(17-6-4-5-7-18(17)27-3)21-19(23)12-28-20(24)14(2)29-16-10-8-15(9-11-16)22(25)26/h4-11,13-14H,12H2,1-3H3,(H,21,23). The van der Waals surface area contributed by atoms with Crippen LogP contribution in [0, 0.1) is 10.1 Å². The first-order valence-electron chi connectivity index (χ1n) is 8.81. The van der Waals surface area contributed by atoms with Gasteiger partial charge in [0.25, 0.3) is 11.6 Å². The van der Waals surface area contributed by atoms with Gasteiger partial charge in [-0.1, -0.05) is 18.2 Å². The van der Waals surface area contributed by atoms with Gasteiger partial charge in [0, 0.05) is 22.6 Å². The van der Waals surface area contributed by atoms with E-state index in [2.05, 4.69) is 5.32 Å². The summed E-state index contributed by atoms with van der Waals surface area (Å²) in [7, 11) is 1.55. The van der Waals surface area contributed by atoms with Gasteiger partial charge in [0.05, 0.1) is 18.1 Å². The van der Waals surface area contributed by atoms with Crippen LogP contribution in [0.2, 0.25) is 0 Å². The Labute approximate surface area is 172 Å². The van der Waals surface area contributed by atoms with Crippen molar-refractivity contribution in [3.8, 4) is 5.75 Å². The molecule has 9 heteroatoms. The lowest BCUT2D eigenvalue weighted by molar-refractivity contribution is -0.384. The Bertz CT molecular complexity index is 872. The van der Waals surface area contributed by atoms with Crippen molar-refractivity contribution in [1.82, 2.24) is 5.32 Å². The van der Waals surface area contributed by atoms with Crippen LogP contribution in [0.5, 0.6) is 5.75 Å². The van der Waals surface area contributed by atoms with Gasteiger partial charge in [-0.2, -0.15) is 0 Å². The second-order valence-electron chi connectivity index (χ2n) is 6.15. The summed E-state index contributed by atoms with van der Waals surface area (Å²) in [4.78, 5) is 35.1. The third-order valence-electron chi connectivity index (χ3n) is 4.02. The highest BCUT2D eigenvalue weighted by atomic mass is 32.2. The zero-order valence-electron chi connectivity index (χ0n) is 16.3. The molecule has 2 aromatic carbocycles. The van der Waals surface area contributed by atoms with Crippen LogP contribution in [0.3, 0.4) is 0 Å². The fraction of sp³-hybridized carbons (Fsp3) is 0.300. The SMILES string of the molecule is COc1ccccc1C(C)NC(=O)COC(=O)C(C)Sc1ccc([N+](=O)[O-])cc1. The largest absolute Gasteiger partial charge is 0.496 e. The number of hydrogen-bond donors (Lipinski definition) is 1. The number of hydrogen-bond acceptors (Lipinski definition) is 7. The Hall–Kier alpha value is -3.07. The molecule has 8 nitrogen and oxygen atoms in total. The number of esters is 1. The van der Waals surface area contributed by atoms with Crippen LogP contribution in [0.25, 0.3) is 0 Å². The molecule has 0 aliphatic heterocycles. The molecule has 0 heterocycles. The predicted octanol–water partition coefficient (Wildman–Crippen LogP) is 3.50. The summed E-state index contributed by atoms with van der Waals surface area (Å²) < 4.78 is 10.4. The van der Waals surface area contributed by atoms with Crippen LogP contribution < -0.4 is 10.1 Å². The maximum absolute atomic E-state index is 12.1. The highest BCUT2D eigenvalue weighted by Crippen LogP contribution is 2.26. The number of para-hydroxylation sites is 1. The predicted molar refractivity (Wildman–Crippen MR) is 109 cm³/mol. The minimum Gasteiger partial charge on any atom is -0.496 e. The second kappa shape index (κ2) is 10.5. The van der Waals surface area contributed by atoms with Crippen LogP contribution in [0.15, 0.2) is 53.4 Å². The number of nitro groups is 1. The number of benzene rings is 2. The average Bonchev–Trinajstić information content (AvgIpc) is 2.72. The van der Waals surface area contributed by atoms with E-state index in [1.165, 1.54) is 23.9 Å². The minimum atomic E-state index is -0.573. The maximum atomic E-state index is 12.1. The van der Waals surface area contributed by atoms with E-state index in [0.29, 0.717) is 10.6 Å². The summed E-state index contributed by atoms with van der Waals surface area (Å²) in [5, 5.41) is 12.9. The van der Waals surface area contributed by atoms with Crippen molar-refractivity contribution in [3.05, 3.63) is 64.2 Å². The summed E-state index contributed by atoms with van der Waals surface area (Å²) in [6, 6.07) is 12.9. The third kappa shape index (κ3) is 6.49. The number of methoxy groups -OCH3 is 1. The molecule has 0 aliphatic rings. The molecule has 154 valence electrons. The normalized spacial score (nSPS) is 12.5. The number of ether oxygens (including phenoxy) is 2. The van der Waals surface area contributed by atoms with Crippen molar-refractivity contribution in [2.24, 2.45) is 0 Å². The van der Waals surface area contributed by atoms with Gasteiger partial charge in [0.1, 0.15) is 11.0 Å². The number of nitrogens with one attached hydrogen (secondary N) is 1. The monoisotopic (exact) mass is 418 g/mol. The van der Waals surface area contributed by atoms with Gasteiger partial charge in [0.2, 0.25) is 0 Å². The number of carbonyl (C=O) groups is 2. The van der Waals surface area contributed by atoms with Crippen molar-refractivity contribution < 1.29 is 24.0 Å². The van der Waals surface area contributed by atoms with E-state index < -0.39 is 28.7 Å². The van der Waals surface area contributed by atoms with E-state index >= 15 is 0 Å². The molecule has 0 bridgehead atoms. The molecular weight excluding hydrogens is 396 g/mol. The van der Waals surface area contributed by atoms with Crippen molar-refractivity contribution in [3.63, 3.8) is 0 Å². The highest BCUT2D eigenvalue weighted by Gasteiger charge is 2.19. The Morgan fingerprint density at radius 2 is 1.79 bits per heavy atom. The van der Waals surface area contributed by atoms with Crippen LogP contribution in [-0.4, -0.2) is 35.8 Å². The van der Waals surface area contributed by atoms with Gasteiger partial charge < -0.3 is 14.8 Å². The van der Waals surface area contributed by atoms with E-state index in [1.54, 1.807) is 32.2 Å². The summed E-state index contributed by atoms with van der Waals surface area (Å²) >= 11 is 1.19. The van der Waals surface area contributed by atoms with Crippen LogP contribution >= 0.6 is 11.8 Å². The van der Waals surface area contributed by atoms with Gasteiger partial charge >= 0.3 is 5.97 Å². The highest BCUT2D eigenvalue weighted by molar-refractivity contribution is 8.00. The number of rotatable bonds is 9. The topological polar surface area (TPSA) is 108 Å². The first-order chi connectivity index (χ1) is 13.8. The first-order valence-corrected chi connectivity index (χ1v) is 9.69. The summed E-state index contributed by atoms with van der Waals surface area (Å²) in [6.45, 7) is 3.05. The molecule has 2 aromatic rings. The zero-order valence-corrected chi connectivity index (χ0v) is 17.1. The molecule has 0 spiro atoms. The smallest absolute Gasteiger partial charge is 0.319 e. The Morgan fingerprint density at radius 3 is 2.41 bits per heavy atom. The number of thioether (sulfide) groups is 1. The van der Waals surface area contributed by atoms with E-state index in [4.69, 9.17) is 9.47 Å². The average molecular weight is 418 g/mol. The molecule has 29 heavy (non-hydrogen) atoms. The first kappa shape index (κ1) is 22.2. The molecule has 1 amide bonds. The number of amides is 1. The molecule has 0 aromatic heterocycles. The fourth-order valence-electron chi connectivity index (χ4n) is 2.54. The Morgan fingerprint density at radius 1 is 1.14 bits per heavy atom. The van der Waals surface area contributed by atoms with Crippen molar-refractivity contribution in [1.29, 1.82) is 0 Å². The Kier molecular flexibility index (Phi) is 8.02. The number of nitrogens with zero attached hydrogens (tertiary/aromatic N) is 1. The molecule has 2 atom stereocenters. The molecule has 0 fully saturated rings. The van der Waals surface area contributed by atoms with Crippen LogP contribution in [0.1, 0.15) is 25.5 Å². The summed E-state index contributed by atoms with van der Waals surface area (Å²) in [5.41, 5.74) is 0.794. The zero-order chi connectivity index (χ0) is 21.4. The molecular formula is C20H22N2O6S. The van der Waals surface area contributed by atoms with Crippen molar-refractivity contribution in [2.75, 3.05) is 13.7 Å². The van der Waals surface area contributed by atoms with Gasteiger partial charge in [0.15, 0.2) is 6.61 Å². The second-order valence-corrected chi connectivity index (χ2v) is 7.56. The van der Waals surface area contributed by atoms with Gasteiger partial charge in [-0.15, -0.1) is 11.8 Å². The van der Waals surface area contributed by atoms with Gasteiger partial charge in [-0.05, 0) is 32.0 Å². The molecule has 2 unspecified atom stereocenters. The quantitative estimate of drug-likeness (QED) is 0.287. The minimum absolute atomic E-state index is 0.0228. The van der Waals surface area contributed by atoms with Crippen molar-refractivity contribution >= 4 is 29.3 Å². The van der Waals surface area contributed by atoms with Crippen molar-refractivity contribution in [2.45, 2.75) is 30.0 Å². The van der Waals surface area contributed by atoms with Gasteiger partial charge in [-0.3, -0.25) is 19.7 Å². The van der Waals surface area contributed by atoms with Crippen LogP contribution in [-0.2, 0) is 14.3 Å². The molecule has 0 saturated carbocycles. The summed E-state index contributed by atoms with van der Waals surface area (Å²) in [5.74, 6) is -0.317. The molecule has 1 N–H and O–H groups in total. The number of carbonyl (C=O) groups excluding carboxylic acids is 2. The maximum Gasteiger partial charge on any atom is 0.319 e. The lowest BCUT2D eigenvalue weighted by atomic mass is 10.1. The number of nitro benzene ring substituents is 1. The van der Waals surface area contributed by atoms with Gasteiger partial charge in [-0.25, -0.2) is 0 Å². The van der Waals surface area contributed by atoms with E-state index in [1.807, 2.05) is 25.1 Å². The lowest BCUT2D eigenvalue weighted by Gasteiger charge is -2.17. The molecule has 0 saturated heterocycles. The van der Waals surface area contributed by atoms with E-state index in [0.717, 1.165) is 5.56 Å². The summed E-state index contributed by atoms with van der Waals surface area (Å²) in [6.07, 6.45) is 0. The van der Waals surface area contributed by atoms with Crippen LogP contribution in [0.4, 0.5) is 5.69 Å².